The van der Waals surface area contributed by atoms with Gasteiger partial charge in [-0.25, -0.2) is 0 Å². The van der Waals surface area contributed by atoms with E-state index in [4.69, 9.17) is 0 Å². The SMILES string of the molecule is [GeH4].[SiH4].[SnH2].[Tl]. The summed E-state index contributed by atoms with van der Waals surface area (Å²) in [6.07, 6.45) is 0. The van der Waals surface area contributed by atoms with Crippen molar-refractivity contribution in [2.45, 2.75) is 0 Å². The van der Waals surface area contributed by atoms with Gasteiger partial charge in [0.15, 0.2) is 0 Å². The molecule has 0 bridgehead atoms. The molecule has 0 aliphatic rings. The molecule has 0 rings (SSSR count). The molecule has 0 heterocycles. The molecular weight excluding hydrogens is 424 g/mol. The molecule has 0 aromatic heterocycles. The molecule has 0 atom stereocenters. The maximum Gasteiger partial charge on any atom is 0 e. The van der Waals surface area contributed by atoms with E-state index >= 15 is 0 Å². The standard InChI is InChI=1S/GeH4.H4Si.Sn.Tl.2H/h2*1H4;;;;. The first-order valence-electron chi connectivity index (χ1n) is 0. The summed E-state index contributed by atoms with van der Waals surface area (Å²) in [5.41, 5.74) is 0. The minimum atomic E-state index is 0. The first-order valence-corrected chi connectivity index (χ1v) is 0. The molecule has 0 fully saturated rings. The molecular formula is H10GeSiSnTl. The minimum absolute atomic E-state index is 0. The summed E-state index contributed by atoms with van der Waals surface area (Å²) in [6.45, 7) is 0. The summed E-state index contributed by atoms with van der Waals surface area (Å²) in [5.74, 6) is 0. The molecule has 0 saturated heterocycles. The van der Waals surface area contributed by atoms with E-state index in [9.17, 15) is 0 Å². The molecule has 0 aromatic rings. The van der Waals surface area contributed by atoms with Gasteiger partial charge in [0, 0.05) is 27.3 Å². The second kappa shape index (κ2) is 17.9. The van der Waals surface area contributed by atoms with Crippen LogP contribution in [-0.2, 0) is 0 Å². The van der Waals surface area contributed by atoms with Crippen molar-refractivity contribution in [3.8, 4) is 0 Å². The summed E-state index contributed by atoms with van der Waals surface area (Å²) in [4.78, 5) is 0. The van der Waals surface area contributed by atoms with Crippen molar-refractivity contribution in [3.05, 3.63) is 0 Å². The Kier molecular flexibility index (Phi) is 141. The number of hydrogen-bond acceptors (Lipinski definition) is 0. The second-order valence-corrected chi connectivity index (χ2v) is 0. The Morgan fingerprint density at radius 3 is 1.00 bits per heavy atom. The zero-order valence-corrected chi connectivity index (χ0v) is 9.81. The van der Waals surface area contributed by atoms with Crippen molar-refractivity contribution >= 4 is 79.8 Å². The smallest absolute Gasteiger partial charge is 0 e. The summed E-state index contributed by atoms with van der Waals surface area (Å²) >= 11 is 0. The normalized spacial score (nSPS) is 0. The minimum Gasteiger partial charge on any atom is 0 e. The third-order valence-electron chi connectivity index (χ3n) is 0. The van der Waals surface area contributed by atoms with Gasteiger partial charge in [0.25, 0.3) is 0 Å². The van der Waals surface area contributed by atoms with Crippen LogP contribution in [0.15, 0.2) is 0 Å². The van der Waals surface area contributed by atoms with Gasteiger partial charge in [-0.05, 0) is 11.0 Å². The molecule has 0 aromatic carbocycles. The van der Waals surface area contributed by atoms with Crippen LogP contribution in [0.25, 0.3) is 0 Å². The molecule has 25 valence electrons. The maximum absolute atomic E-state index is 0. The van der Waals surface area contributed by atoms with E-state index < -0.39 is 0 Å². The van der Waals surface area contributed by atoms with Crippen LogP contribution in [0.2, 0.25) is 0 Å². The summed E-state index contributed by atoms with van der Waals surface area (Å²) in [5, 5.41) is 0. The van der Waals surface area contributed by atoms with Gasteiger partial charge in [0.05, 0.1) is 0 Å². The van der Waals surface area contributed by atoms with Gasteiger partial charge >= 0.3 is 41.5 Å². The van der Waals surface area contributed by atoms with E-state index in [2.05, 4.69) is 0 Å². The fraction of sp³-hybridized carbons (Fsp3) is 0. The van der Waals surface area contributed by atoms with Crippen LogP contribution in [0.1, 0.15) is 0 Å². The Morgan fingerprint density at radius 2 is 1.00 bits per heavy atom. The molecule has 0 saturated carbocycles. The Labute approximate surface area is 78.6 Å². The van der Waals surface area contributed by atoms with E-state index in [1.165, 1.54) is 0 Å². The quantitative estimate of drug-likeness (QED) is 0.340. The maximum atomic E-state index is 0. The Balaban J connectivity index is 0. The van der Waals surface area contributed by atoms with E-state index in [1.807, 2.05) is 0 Å². The van der Waals surface area contributed by atoms with Crippen LogP contribution >= 0.6 is 0 Å². The predicted octanol–water partition coefficient (Wildman–Crippen LogP) is -4.20. The van der Waals surface area contributed by atoms with Crippen LogP contribution < -0.4 is 0 Å². The first-order chi connectivity index (χ1) is 0. The molecule has 4 heteroatoms. The number of rotatable bonds is 0. The van der Waals surface area contributed by atoms with Crippen molar-refractivity contribution < 1.29 is 0 Å². The molecule has 0 spiro atoms. The third kappa shape index (κ3) is 8.82. The van der Waals surface area contributed by atoms with Crippen molar-refractivity contribution in [2.75, 3.05) is 0 Å². The average molecular weight is 434 g/mol. The van der Waals surface area contributed by atoms with Gasteiger partial charge in [-0.3, -0.25) is 0 Å². The van der Waals surface area contributed by atoms with Crippen molar-refractivity contribution in [1.82, 2.24) is 0 Å². The average Bonchev–Trinajstić information content (AvgIpc) is 0. The molecule has 0 aliphatic heterocycles. The van der Waals surface area contributed by atoms with Gasteiger partial charge in [0.2, 0.25) is 0 Å². The molecule has 3 radical (unpaired) electrons. The van der Waals surface area contributed by atoms with Crippen LogP contribution in [0, 0.1) is 0 Å². The first kappa shape index (κ1) is 31.6. The Bertz CT molecular complexity index is 8.00. The third-order valence-corrected chi connectivity index (χ3v) is 0. The fourth-order valence-electron chi connectivity index (χ4n) is 0. The summed E-state index contributed by atoms with van der Waals surface area (Å²) in [7, 11) is 0. The second-order valence-electron chi connectivity index (χ2n) is 0. The van der Waals surface area contributed by atoms with Gasteiger partial charge < -0.3 is 0 Å². The Hall–Kier alpha value is 2.48. The van der Waals surface area contributed by atoms with E-state index in [0.717, 1.165) is 0 Å². The van der Waals surface area contributed by atoms with Crippen molar-refractivity contribution in [1.29, 1.82) is 0 Å². The van der Waals surface area contributed by atoms with E-state index in [-0.39, 0.29) is 79.8 Å². The summed E-state index contributed by atoms with van der Waals surface area (Å²) < 4.78 is 0. The van der Waals surface area contributed by atoms with Gasteiger partial charge in [0.1, 0.15) is 0 Å². The summed E-state index contributed by atoms with van der Waals surface area (Å²) in [6, 6.07) is 0. The van der Waals surface area contributed by atoms with Crippen LogP contribution in [0.4, 0.5) is 0 Å². The topological polar surface area (TPSA) is 0 Å². The van der Waals surface area contributed by atoms with E-state index in [0.29, 0.717) is 0 Å². The number of hydrogen-bond donors (Lipinski definition) is 0. The molecule has 4 heavy (non-hydrogen) atoms. The predicted molar refractivity (Wildman–Crippen MR) is 37.0 cm³/mol. The van der Waals surface area contributed by atoms with Crippen LogP contribution in [-0.4, -0.2) is 79.8 Å². The molecule has 0 aliphatic carbocycles. The van der Waals surface area contributed by atoms with Crippen LogP contribution in [0.3, 0.4) is 0 Å². The van der Waals surface area contributed by atoms with Gasteiger partial charge in [-0.15, -0.1) is 0 Å². The van der Waals surface area contributed by atoms with Crippen molar-refractivity contribution in [2.24, 2.45) is 0 Å². The monoisotopic (exact) mass is 437 g/mol. The van der Waals surface area contributed by atoms with Crippen molar-refractivity contribution in [3.63, 3.8) is 0 Å². The largest absolute Gasteiger partial charge is 0 e. The van der Waals surface area contributed by atoms with Gasteiger partial charge in [-0.2, -0.15) is 0 Å². The molecule has 0 N–H and O–H groups in total. The zero-order chi connectivity index (χ0) is 0. The van der Waals surface area contributed by atoms with Crippen LogP contribution in [0.5, 0.6) is 0 Å². The molecule has 0 amide bonds. The molecule has 0 unspecified atom stereocenters. The van der Waals surface area contributed by atoms with Gasteiger partial charge in [-0.1, -0.05) is 0 Å². The van der Waals surface area contributed by atoms with E-state index in [1.54, 1.807) is 0 Å². The zero-order valence-electron chi connectivity index (χ0n) is 1.28. The fourth-order valence-corrected chi connectivity index (χ4v) is 0. The molecule has 0 nitrogen and oxygen atoms in total. The Morgan fingerprint density at radius 1 is 1.00 bits per heavy atom.